The van der Waals surface area contributed by atoms with Crippen LogP contribution in [0.5, 0.6) is 0 Å². The molecule has 0 bridgehead atoms. The number of nitro benzene ring substituents is 1. The number of benzene rings is 1. The summed E-state index contributed by atoms with van der Waals surface area (Å²) >= 11 is 0. The predicted octanol–water partition coefficient (Wildman–Crippen LogP) is 4.51. The number of rotatable bonds is 3. The summed E-state index contributed by atoms with van der Waals surface area (Å²) in [5, 5.41) is 17.1. The minimum absolute atomic E-state index is 0.111. The molecule has 0 saturated heterocycles. The first-order chi connectivity index (χ1) is 13.8. The van der Waals surface area contributed by atoms with E-state index in [-0.39, 0.29) is 28.4 Å². The number of alkyl halides is 3. The van der Waals surface area contributed by atoms with Crippen molar-refractivity contribution in [2.45, 2.75) is 39.3 Å². The molecular weight excluding hydrogens is 403 g/mol. The molecule has 8 nitrogen and oxygen atoms in total. The number of aromatic nitrogens is 3. The van der Waals surface area contributed by atoms with Gasteiger partial charge in [0, 0.05) is 29.3 Å². The molecule has 30 heavy (non-hydrogen) atoms. The number of fused-ring (bicyclic) bond motifs is 1. The maximum absolute atomic E-state index is 13.6. The van der Waals surface area contributed by atoms with E-state index in [1.165, 1.54) is 24.3 Å². The predicted molar refractivity (Wildman–Crippen MR) is 102 cm³/mol. The topological polar surface area (TPSA) is 102 Å². The number of hydrogen-bond acceptors (Lipinski definition) is 5. The summed E-state index contributed by atoms with van der Waals surface area (Å²) in [7, 11) is 0. The van der Waals surface area contributed by atoms with Gasteiger partial charge in [-0.05, 0) is 24.6 Å². The highest BCUT2D eigenvalue weighted by Gasteiger charge is 2.36. The van der Waals surface area contributed by atoms with Gasteiger partial charge in [0.05, 0.1) is 10.6 Å². The molecule has 0 aliphatic heterocycles. The lowest BCUT2D eigenvalue weighted by atomic mass is 9.91. The van der Waals surface area contributed by atoms with Crippen molar-refractivity contribution >= 4 is 22.9 Å². The van der Waals surface area contributed by atoms with Gasteiger partial charge in [-0.3, -0.25) is 14.9 Å². The zero-order chi connectivity index (χ0) is 22.4. The molecule has 1 amide bonds. The number of aryl methyl sites for hydroxylation is 1. The number of amides is 1. The summed E-state index contributed by atoms with van der Waals surface area (Å²) in [6, 6.07) is 5.92. The molecule has 158 valence electrons. The molecule has 1 aromatic carbocycles. The molecule has 0 atom stereocenters. The number of halogens is 3. The van der Waals surface area contributed by atoms with Crippen molar-refractivity contribution in [1.29, 1.82) is 0 Å². The Labute approximate surface area is 168 Å². The van der Waals surface area contributed by atoms with Crippen LogP contribution in [0, 0.1) is 17.0 Å². The monoisotopic (exact) mass is 421 g/mol. The summed E-state index contributed by atoms with van der Waals surface area (Å²) in [6.07, 6.45) is -4.70. The Hall–Kier alpha value is -3.50. The van der Waals surface area contributed by atoms with Crippen LogP contribution >= 0.6 is 0 Å². The second-order valence-corrected chi connectivity index (χ2v) is 7.78. The second kappa shape index (κ2) is 7.08. The first-order valence-electron chi connectivity index (χ1n) is 8.82. The van der Waals surface area contributed by atoms with Gasteiger partial charge in [-0.1, -0.05) is 20.8 Å². The summed E-state index contributed by atoms with van der Waals surface area (Å²) in [4.78, 5) is 27.0. The van der Waals surface area contributed by atoms with Crippen LogP contribution in [-0.2, 0) is 11.6 Å². The molecular formula is C19H18F3N5O3. The third-order valence-corrected chi connectivity index (χ3v) is 4.39. The zero-order valence-corrected chi connectivity index (χ0v) is 16.5. The summed E-state index contributed by atoms with van der Waals surface area (Å²) in [6.45, 7) is 6.75. The Morgan fingerprint density at radius 2 is 1.83 bits per heavy atom. The van der Waals surface area contributed by atoms with E-state index in [4.69, 9.17) is 0 Å². The maximum atomic E-state index is 13.6. The van der Waals surface area contributed by atoms with Gasteiger partial charge in [0.25, 0.3) is 11.6 Å². The molecule has 0 aliphatic carbocycles. The normalized spacial score (nSPS) is 12.2. The highest BCUT2D eigenvalue weighted by molar-refractivity contribution is 6.04. The molecule has 0 unspecified atom stereocenters. The van der Waals surface area contributed by atoms with Crippen molar-refractivity contribution in [1.82, 2.24) is 14.6 Å². The molecule has 2 aromatic heterocycles. The first kappa shape index (κ1) is 21.2. The Bertz CT molecular complexity index is 1160. The van der Waals surface area contributed by atoms with Crippen molar-refractivity contribution in [3.05, 3.63) is 63.1 Å². The fraction of sp³-hybridized carbons (Fsp3) is 0.316. The van der Waals surface area contributed by atoms with E-state index in [2.05, 4.69) is 15.4 Å². The lowest BCUT2D eigenvalue weighted by Gasteiger charge is -2.19. The lowest BCUT2D eigenvalue weighted by Crippen LogP contribution is -2.20. The van der Waals surface area contributed by atoms with E-state index in [1.54, 1.807) is 27.7 Å². The Balaban J connectivity index is 2.03. The number of non-ortho nitro benzene ring substituents is 1. The Morgan fingerprint density at radius 3 is 2.37 bits per heavy atom. The Morgan fingerprint density at radius 1 is 1.17 bits per heavy atom. The quantitative estimate of drug-likeness (QED) is 0.495. The molecule has 2 heterocycles. The highest BCUT2D eigenvalue weighted by atomic mass is 19.4. The van der Waals surface area contributed by atoms with Gasteiger partial charge in [0.2, 0.25) is 0 Å². The van der Waals surface area contributed by atoms with Crippen LogP contribution in [0.3, 0.4) is 0 Å². The van der Waals surface area contributed by atoms with Crippen LogP contribution in [0.2, 0.25) is 0 Å². The van der Waals surface area contributed by atoms with Gasteiger partial charge in [-0.15, -0.1) is 0 Å². The van der Waals surface area contributed by atoms with Gasteiger partial charge in [0.15, 0.2) is 11.3 Å². The van der Waals surface area contributed by atoms with Gasteiger partial charge >= 0.3 is 6.18 Å². The third kappa shape index (κ3) is 4.09. The number of anilines is 1. The molecule has 1 N–H and O–H groups in total. The number of carbonyl (C=O) groups is 1. The van der Waals surface area contributed by atoms with E-state index in [9.17, 15) is 28.1 Å². The van der Waals surface area contributed by atoms with Crippen LogP contribution in [0.1, 0.15) is 48.2 Å². The molecule has 0 aliphatic rings. The smallest absolute Gasteiger partial charge is 0.320 e. The van der Waals surface area contributed by atoms with Gasteiger partial charge < -0.3 is 5.32 Å². The fourth-order valence-corrected chi connectivity index (χ4v) is 2.76. The summed E-state index contributed by atoms with van der Waals surface area (Å²) in [5.41, 5.74) is -1.30. The van der Waals surface area contributed by atoms with Crippen LogP contribution in [0.15, 0.2) is 30.3 Å². The fourth-order valence-electron chi connectivity index (χ4n) is 2.76. The number of nitro groups is 1. The molecule has 3 aromatic rings. The molecule has 0 radical (unpaired) electrons. The van der Waals surface area contributed by atoms with Crippen LogP contribution in [0.25, 0.3) is 5.65 Å². The summed E-state index contributed by atoms with van der Waals surface area (Å²) < 4.78 is 41.3. The maximum Gasteiger partial charge on any atom is 0.433 e. The number of carbonyl (C=O) groups excluding carboxylic acids is 1. The van der Waals surface area contributed by atoms with E-state index >= 15 is 0 Å². The zero-order valence-electron chi connectivity index (χ0n) is 16.5. The number of nitrogens with zero attached hydrogens (tertiary/aromatic N) is 4. The van der Waals surface area contributed by atoms with E-state index in [0.29, 0.717) is 10.1 Å². The minimum Gasteiger partial charge on any atom is -0.320 e. The average molecular weight is 421 g/mol. The molecule has 11 heteroatoms. The summed E-state index contributed by atoms with van der Waals surface area (Å²) in [5.74, 6) is -0.761. The van der Waals surface area contributed by atoms with Crippen LogP contribution < -0.4 is 5.32 Å². The van der Waals surface area contributed by atoms with Gasteiger partial charge in [-0.2, -0.15) is 18.3 Å². The van der Waals surface area contributed by atoms with Crippen molar-refractivity contribution in [3.63, 3.8) is 0 Å². The van der Waals surface area contributed by atoms with Crippen LogP contribution in [-0.4, -0.2) is 25.4 Å². The van der Waals surface area contributed by atoms with Gasteiger partial charge in [-0.25, -0.2) is 9.50 Å². The first-order valence-corrected chi connectivity index (χ1v) is 8.82. The van der Waals surface area contributed by atoms with Crippen molar-refractivity contribution in [2.75, 3.05) is 5.32 Å². The average Bonchev–Trinajstić information content (AvgIpc) is 3.04. The molecule has 0 saturated carbocycles. The standard InChI is InChI=1S/C19H18F3N5O3/c1-10-7-11(27(29)30)5-6-12(10)23-17(28)13-8-16-24-14(18(2,3)4)9-15(19(20,21)22)26(16)25-13/h5-9H,1-4H3,(H,23,28). The van der Waals surface area contributed by atoms with E-state index in [1.807, 2.05) is 0 Å². The number of hydrogen-bond donors (Lipinski definition) is 1. The third-order valence-electron chi connectivity index (χ3n) is 4.39. The SMILES string of the molecule is Cc1cc([N+](=O)[O-])ccc1NC(=O)c1cc2nc(C(C)(C)C)cc(C(F)(F)F)n2n1. The van der Waals surface area contributed by atoms with Gasteiger partial charge in [0.1, 0.15) is 5.69 Å². The lowest BCUT2D eigenvalue weighted by molar-refractivity contribution is -0.384. The van der Waals surface area contributed by atoms with Crippen molar-refractivity contribution < 1.29 is 22.9 Å². The molecule has 3 rings (SSSR count). The van der Waals surface area contributed by atoms with Crippen LogP contribution in [0.4, 0.5) is 24.5 Å². The minimum atomic E-state index is -4.70. The largest absolute Gasteiger partial charge is 0.433 e. The molecule has 0 spiro atoms. The molecule has 0 fully saturated rings. The Kier molecular flexibility index (Phi) is 5.01. The van der Waals surface area contributed by atoms with Crippen molar-refractivity contribution in [3.8, 4) is 0 Å². The van der Waals surface area contributed by atoms with Crippen molar-refractivity contribution in [2.24, 2.45) is 0 Å². The number of nitrogens with one attached hydrogen (secondary N) is 1. The van der Waals surface area contributed by atoms with E-state index < -0.39 is 28.1 Å². The highest BCUT2D eigenvalue weighted by Crippen LogP contribution is 2.32. The van der Waals surface area contributed by atoms with E-state index in [0.717, 1.165) is 6.07 Å². The second-order valence-electron chi connectivity index (χ2n) is 7.78.